The molecule has 0 aliphatic heterocycles. The molecule has 1 atom stereocenters. The molecule has 0 amide bonds. The van der Waals surface area contributed by atoms with Crippen molar-refractivity contribution in [3.05, 3.63) is 0 Å². The second-order valence-corrected chi connectivity index (χ2v) is 5.11. The summed E-state index contributed by atoms with van der Waals surface area (Å²) >= 11 is 0. The summed E-state index contributed by atoms with van der Waals surface area (Å²) in [5, 5.41) is 3.78. The molecule has 0 radical (unpaired) electrons. The highest BCUT2D eigenvalue weighted by Crippen LogP contribution is 2.11. The van der Waals surface area contributed by atoms with Gasteiger partial charge < -0.3 is 5.32 Å². The molecule has 0 bridgehead atoms. The van der Waals surface area contributed by atoms with Gasteiger partial charge in [0.25, 0.3) is 0 Å². The molecule has 92 valence electrons. The normalized spacial score (nSPS) is 13.8. The van der Waals surface area contributed by atoms with Crippen LogP contribution in [0.4, 0.5) is 0 Å². The molecule has 0 aliphatic rings. The highest BCUT2D eigenvalue weighted by Gasteiger charge is 2.10. The van der Waals surface area contributed by atoms with E-state index in [2.05, 4.69) is 39.9 Å². The van der Waals surface area contributed by atoms with Gasteiger partial charge in [-0.05, 0) is 31.6 Å². The summed E-state index contributed by atoms with van der Waals surface area (Å²) in [7, 11) is 0. The van der Waals surface area contributed by atoms with E-state index in [1.54, 1.807) is 0 Å². The highest BCUT2D eigenvalue weighted by molar-refractivity contribution is 4.71. The first kappa shape index (κ1) is 15.0. The SMILES string of the molecule is CCC(CC)NC(CC)CCCC(C)C. The first-order chi connectivity index (χ1) is 7.13. The van der Waals surface area contributed by atoms with Crippen LogP contribution in [0, 0.1) is 5.92 Å². The molecule has 15 heavy (non-hydrogen) atoms. The minimum Gasteiger partial charge on any atom is -0.311 e. The summed E-state index contributed by atoms with van der Waals surface area (Å²) in [6, 6.07) is 1.47. The van der Waals surface area contributed by atoms with Gasteiger partial charge in [0.1, 0.15) is 0 Å². The summed E-state index contributed by atoms with van der Waals surface area (Å²) in [4.78, 5) is 0. The summed E-state index contributed by atoms with van der Waals surface area (Å²) in [5.74, 6) is 0.857. The Bertz CT molecular complexity index is 127. The first-order valence-electron chi connectivity index (χ1n) is 6.89. The summed E-state index contributed by atoms with van der Waals surface area (Å²) in [6.45, 7) is 11.5. The van der Waals surface area contributed by atoms with Gasteiger partial charge in [0.15, 0.2) is 0 Å². The standard InChI is InChI=1S/C14H31N/c1-6-13(7-2)15-14(8-3)11-9-10-12(4)5/h12-15H,6-11H2,1-5H3. The molecule has 1 unspecified atom stereocenters. The minimum absolute atomic E-state index is 0.731. The van der Waals surface area contributed by atoms with Crippen molar-refractivity contribution in [1.82, 2.24) is 5.32 Å². The Morgan fingerprint density at radius 1 is 0.800 bits per heavy atom. The molecule has 0 aromatic rings. The average molecular weight is 213 g/mol. The number of nitrogens with one attached hydrogen (secondary N) is 1. The van der Waals surface area contributed by atoms with Gasteiger partial charge in [0, 0.05) is 12.1 Å². The average Bonchev–Trinajstić information content (AvgIpc) is 2.22. The van der Waals surface area contributed by atoms with Crippen LogP contribution < -0.4 is 5.32 Å². The Kier molecular flexibility index (Phi) is 9.18. The van der Waals surface area contributed by atoms with E-state index in [1.807, 2.05) is 0 Å². The van der Waals surface area contributed by atoms with Crippen molar-refractivity contribution >= 4 is 0 Å². The molecule has 0 rings (SSSR count). The topological polar surface area (TPSA) is 12.0 Å². The largest absolute Gasteiger partial charge is 0.311 e. The van der Waals surface area contributed by atoms with Crippen molar-refractivity contribution in [3.63, 3.8) is 0 Å². The fourth-order valence-electron chi connectivity index (χ4n) is 2.04. The predicted molar refractivity (Wildman–Crippen MR) is 70.3 cm³/mol. The van der Waals surface area contributed by atoms with Crippen molar-refractivity contribution in [2.24, 2.45) is 5.92 Å². The summed E-state index contributed by atoms with van der Waals surface area (Å²) in [5.41, 5.74) is 0. The predicted octanol–water partition coefficient (Wildman–Crippen LogP) is 4.37. The molecule has 0 saturated carbocycles. The molecule has 0 heterocycles. The Hall–Kier alpha value is -0.0400. The van der Waals surface area contributed by atoms with E-state index in [4.69, 9.17) is 0 Å². The number of hydrogen-bond acceptors (Lipinski definition) is 1. The van der Waals surface area contributed by atoms with Gasteiger partial charge >= 0.3 is 0 Å². The Balaban J connectivity index is 3.71. The van der Waals surface area contributed by atoms with Crippen molar-refractivity contribution in [2.45, 2.75) is 85.2 Å². The maximum Gasteiger partial charge on any atom is 0.00670 e. The fraction of sp³-hybridized carbons (Fsp3) is 1.00. The molecule has 0 fully saturated rings. The molecule has 1 heteroatoms. The first-order valence-corrected chi connectivity index (χ1v) is 6.89. The Labute approximate surface area is 97.0 Å². The lowest BCUT2D eigenvalue weighted by Gasteiger charge is -2.23. The molecule has 0 saturated heterocycles. The van der Waals surface area contributed by atoms with Crippen LogP contribution in [0.15, 0.2) is 0 Å². The third-order valence-corrected chi connectivity index (χ3v) is 3.28. The third kappa shape index (κ3) is 7.84. The van der Waals surface area contributed by atoms with Crippen LogP contribution in [0.25, 0.3) is 0 Å². The smallest absolute Gasteiger partial charge is 0.00670 e. The molecule has 1 N–H and O–H groups in total. The van der Waals surface area contributed by atoms with Crippen LogP contribution in [0.3, 0.4) is 0 Å². The van der Waals surface area contributed by atoms with Crippen molar-refractivity contribution < 1.29 is 0 Å². The van der Waals surface area contributed by atoms with E-state index < -0.39 is 0 Å². The van der Waals surface area contributed by atoms with Crippen LogP contribution >= 0.6 is 0 Å². The summed E-state index contributed by atoms with van der Waals surface area (Å²) < 4.78 is 0. The summed E-state index contributed by atoms with van der Waals surface area (Å²) in [6.07, 6.45) is 7.90. The molecule has 0 aliphatic carbocycles. The van der Waals surface area contributed by atoms with Crippen LogP contribution in [0.5, 0.6) is 0 Å². The minimum atomic E-state index is 0.731. The van der Waals surface area contributed by atoms with Gasteiger partial charge in [-0.15, -0.1) is 0 Å². The lowest BCUT2D eigenvalue weighted by atomic mass is 10.0. The van der Waals surface area contributed by atoms with E-state index in [0.29, 0.717) is 0 Å². The zero-order valence-corrected chi connectivity index (χ0v) is 11.5. The maximum atomic E-state index is 3.78. The van der Waals surface area contributed by atoms with Crippen molar-refractivity contribution in [1.29, 1.82) is 0 Å². The monoisotopic (exact) mass is 213 g/mol. The zero-order chi connectivity index (χ0) is 11.7. The molecule has 1 nitrogen and oxygen atoms in total. The molecule has 0 aromatic carbocycles. The molecule has 0 aromatic heterocycles. The molecular weight excluding hydrogens is 182 g/mol. The van der Waals surface area contributed by atoms with E-state index in [1.165, 1.54) is 38.5 Å². The van der Waals surface area contributed by atoms with Crippen molar-refractivity contribution in [3.8, 4) is 0 Å². The van der Waals surface area contributed by atoms with E-state index in [-0.39, 0.29) is 0 Å². The van der Waals surface area contributed by atoms with Crippen LogP contribution in [0.1, 0.15) is 73.1 Å². The van der Waals surface area contributed by atoms with Gasteiger partial charge in [0.05, 0.1) is 0 Å². The van der Waals surface area contributed by atoms with E-state index >= 15 is 0 Å². The lowest BCUT2D eigenvalue weighted by molar-refractivity contribution is 0.366. The van der Waals surface area contributed by atoms with Gasteiger partial charge in [-0.25, -0.2) is 0 Å². The molecular formula is C14H31N. The fourth-order valence-corrected chi connectivity index (χ4v) is 2.04. The number of hydrogen-bond donors (Lipinski definition) is 1. The highest BCUT2D eigenvalue weighted by atomic mass is 14.9. The van der Waals surface area contributed by atoms with Crippen molar-refractivity contribution in [2.75, 3.05) is 0 Å². The third-order valence-electron chi connectivity index (χ3n) is 3.28. The van der Waals surface area contributed by atoms with E-state index in [0.717, 1.165) is 18.0 Å². The number of rotatable bonds is 9. The van der Waals surface area contributed by atoms with Gasteiger partial charge in [-0.3, -0.25) is 0 Å². The van der Waals surface area contributed by atoms with Gasteiger partial charge in [-0.2, -0.15) is 0 Å². The lowest BCUT2D eigenvalue weighted by Crippen LogP contribution is -2.37. The second-order valence-electron chi connectivity index (χ2n) is 5.11. The van der Waals surface area contributed by atoms with E-state index in [9.17, 15) is 0 Å². The van der Waals surface area contributed by atoms with Gasteiger partial charge in [0.2, 0.25) is 0 Å². The van der Waals surface area contributed by atoms with Crippen LogP contribution in [-0.2, 0) is 0 Å². The van der Waals surface area contributed by atoms with Crippen LogP contribution in [-0.4, -0.2) is 12.1 Å². The second kappa shape index (κ2) is 9.21. The zero-order valence-electron chi connectivity index (χ0n) is 11.5. The maximum absolute atomic E-state index is 3.78. The Morgan fingerprint density at radius 2 is 1.33 bits per heavy atom. The molecule has 0 spiro atoms. The quantitative estimate of drug-likeness (QED) is 0.600. The Morgan fingerprint density at radius 3 is 1.73 bits per heavy atom. The van der Waals surface area contributed by atoms with Crippen LogP contribution in [0.2, 0.25) is 0 Å². The van der Waals surface area contributed by atoms with Gasteiger partial charge in [-0.1, -0.05) is 47.5 Å².